The topological polar surface area (TPSA) is 52.3 Å². The summed E-state index contributed by atoms with van der Waals surface area (Å²) in [7, 11) is 0. The molecular weight excluding hydrogens is 202 g/mol. The number of carbonyl (C=O) groups excluding carboxylic acids is 1. The summed E-state index contributed by atoms with van der Waals surface area (Å²) in [5, 5.41) is 0. The summed E-state index contributed by atoms with van der Waals surface area (Å²) >= 11 is 0. The highest BCUT2D eigenvalue weighted by Gasteiger charge is 2.28. The van der Waals surface area contributed by atoms with Crippen molar-refractivity contribution in [3.8, 4) is 12.3 Å². The molecule has 0 aromatic rings. The van der Waals surface area contributed by atoms with E-state index in [4.69, 9.17) is 16.9 Å². The number of esters is 1. The van der Waals surface area contributed by atoms with Gasteiger partial charge in [-0.3, -0.25) is 4.79 Å². The Kier molecular flexibility index (Phi) is 4.82. The standard InChI is InChI=1S/C13H21NO2/c1-4-5-12(14)13(15)16-11-7-6-9(2)10(3)8-11/h1,9-12H,5-8,14H2,2-3H3. The molecule has 0 spiro atoms. The van der Waals surface area contributed by atoms with Crippen molar-refractivity contribution in [1.29, 1.82) is 0 Å². The van der Waals surface area contributed by atoms with Crippen molar-refractivity contribution in [2.75, 3.05) is 0 Å². The van der Waals surface area contributed by atoms with E-state index in [2.05, 4.69) is 19.8 Å². The Labute approximate surface area is 97.7 Å². The first-order valence-electron chi connectivity index (χ1n) is 5.94. The van der Waals surface area contributed by atoms with Gasteiger partial charge in [0.2, 0.25) is 0 Å². The van der Waals surface area contributed by atoms with E-state index in [1.54, 1.807) is 0 Å². The minimum atomic E-state index is -0.667. The van der Waals surface area contributed by atoms with E-state index in [0.29, 0.717) is 11.8 Å². The van der Waals surface area contributed by atoms with Gasteiger partial charge in [-0.1, -0.05) is 13.8 Å². The summed E-state index contributed by atoms with van der Waals surface area (Å²) in [4.78, 5) is 11.5. The van der Waals surface area contributed by atoms with Crippen LogP contribution in [0.2, 0.25) is 0 Å². The molecule has 1 rings (SSSR count). The summed E-state index contributed by atoms with van der Waals surface area (Å²) in [5.74, 6) is 3.34. The number of rotatable bonds is 3. The van der Waals surface area contributed by atoms with Gasteiger partial charge in [0.25, 0.3) is 0 Å². The van der Waals surface area contributed by atoms with E-state index < -0.39 is 6.04 Å². The number of hydrogen-bond donors (Lipinski definition) is 1. The fraction of sp³-hybridized carbons (Fsp3) is 0.769. The van der Waals surface area contributed by atoms with Crippen molar-refractivity contribution in [2.45, 2.75) is 51.7 Å². The third kappa shape index (κ3) is 3.53. The van der Waals surface area contributed by atoms with Gasteiger partial charge in [-0.25, -0.2) is 0 Å². The van der Waals surface area contributed by atoms with Gasteiger partial charge in [0.1, 0.15) is 12.1 Å². The average molecular weight is 223 g/mol. The predicted molar refractivity (Wildman–Crippen MR) is 63.5 cm³/mol. The summed E-state index contributed by atoms with van der Waals surface area (Å²) in [6.07, 6.45) is 8.38. The van der Waals surface area contributed by atoms with E-state index >= 15 is 0 Å². The van der Waals surface area contributed by atoms with E-state index in [1.165, 1.54) is 0 Å². The lowest BCUT2D eigenvalue weighted by Crippen LogP contribution is -2.37. The van der Waals surface area contributed by atoms with Crippen LogP contribution in [-0.2, 0) is 9.53 Å². The smallest absolute Gasteiger partial charge is 0.324 e. The minimum absolute atomic E-state index is 0.0301. The van der Waals surface area contributed by atoms with Gasteiger partial charge in [0, 0.05) is 6.42 Å². The molecule has 4 atom stereocenters. The van der Waals surface area contributed by atoms with Crippen molar-refractivity contribution in [3.63, 3.8) is 0 Å². The lowest BCUT2D eigenvalue weighted by atomic mass is 9.80. The Balaban J connectivity index is 2.38. The average Bonchev–Trinajstić information content (AvgIpc) is 2.24. The molecule has 0 heterocycles. The Hall–Kier alpha value is -1.01. The first-order valence-corrected chi connectivity index (χ1v) is 5.94. The molecule has 90 valence electrons. The van der Waals surface area contributed by atoms with Gasteiger partial charge >= 0.3 is 5.97 Å². The zero-order valence-corrected chi connectivity index (χ0v) is 10.1. The van der Waals surface area contributed by atoms with Gasteiger partial charge < -0.3 is 10.5 Å². The van der Waals surface area contributed by atoms with Crippen LogP contribution < -0.4 is 5.73 Å². The normalized spacial score (nSPS) is 31.5. The highest BCUT2D eigenvalue weighted by molar-refractivity contribution is 5.76. The molecule has 0 bridgehead atoms. The second-order valence-electron chi connectivity index (χ2n) is 4.84. The van der Waals surface area contributed by atoms with E-state index in [9.17, 15) is 4.79 Å². The van der Waals surface area contributed by atoms with Gasteiger partial charge in [-0.15, -0.1) is 12.3 Å². The fourth-order valence-electron chi connectivity index (χ4n) is 2.07. The number of nitrogens with two attached hydrogens (primary N) is 1. The lowest BCUT2D eigenvalue weighted by molar-refractivity contribution is -0.153. The predicted octanol–water partition coefficient (Wildman–Crippen LogP) is 1.70. The van der Waals surface area contributed by atoms with Crippen molar-refractivity contribution < 1.29 is 9.53 Å². The molecule has 3 nitrogen and oxygen atoms in total. The first-order chi connectivity index (χ1) is 7.54. The Morgan fingerprint density at radius 1 is 1.50 bits per heavy atom. The van der Waals surface area contributed by atoms with Crippen LogP contribution in [0.25, 0.3) is 0 Å². The zero-order valence-electron chi connectivity index (χ0n) is 10.1. The van der Waals surface area contributed by atoms with Crippen molar-refractivity contribution >= 4 is 5.97 Å². The van der Waals surface area contributed by atoms with Crippen LogP contribution in [0.1, 0.15) is 39.5 Å². The maximum Gasteiger partial charge on any atom is 0.324 e. The number of hydrogen-bond acceptors (Lipinski definition) is 3. The SMILES string of the molecule is C#CCC(N)C(=O)OC1CCC(C)C(C)C1. The van der Waals surface area contributed by atoms with Crippen molar-refractivity contribution in [1.82, 2.24) is 0 Å². The number of ether oxygens (including phenoxy) is 1. The molecule has 0 aromatic carbocycles. The highest BCUT2D eigenvalue weighted by Crippen LogP contribution is 2.31. The van der Waals surface area contributed by atoms with Crippen LogP contribution in [0.5, 0.6) is 0 Å². The van der Waals surface area contributed by atoms with Gasteiger partial charge in [-0.05, 0) is 31.1 Å². The van der Waals surface area contributed by atoms with Crippen LogP contribution >= 0.6 is 0 Å². The van der Waals surface area contributed by atoms with Crippen LogP contribution in [0, 0.1) is 24.2 Å². The Morgan fingerprint density at radius 3 is 2.75 bits per heavy atom. The quantitative estimate of drug-likeness (QED) is 0.585. The first kappa shape index (κ1) is 13.1. The Morgan fingerprint density at radius 2 is 2.19 bits per heavy atom. The third-order valence-corrected chi connectivity index (χ3v) is 3.47. The third-order valence-electron chi connectivity index (χ3n) is 3.47. The molecule has 1 aliphatic rings. The van der Waals surface area contributed by atoms with Gasteiger partial charge in [0.05, 0.1) is 0 Å². The van der Waals surface area contributed by atoms with Gasteiger partial charge in [-0.2, -0.15) is 0 Å². The van der Waals surface area contributed by atoms with E-state index in [1.807, 2.05) is 0 Å². The summed E-state index contributed by atoms with van der Waals surface area (Å²) in [6, 6.07) is -0.667. The summed E-state index contributed by atoms with van der Waals surface area (Å²) in [6.45, 7) is 4.44. The minimum Gasteiger partial charge on any atom is -0.461 e. The van der Waals surface area contributed by atoms with Crippen molar-refractivity contribution in [3.05, 3.63) is 0 Å². The molecular formula is C13H21NO2. The zero-order chi connectivity index (χ0) is 12.1. The summed E-state index contributed by atoms with van der Waals surface area (Å²) < 4.78 is 5.36. The second-order valence-corrected chi connectivity index (χ2v) is 4.84. The fourth-order valence-corrected chi connectivity index (χ4v) is 2.07. The molecule has 1 fully saturated rings. The molecule has 0 amide bonds. The molecule has 0 aromatic heterocycles. The molecule has 0 aliphatic heterocycles. The number of carbonyl (C=O) groups is 1. The molecule has 0 radical (unpaired) electrons. The van der Waals surface area contributed by atoms with E-state index in [-0.39, 0.29) is 18.5 Å². The second kappa shape index (κ2) is 5.91. The summed E-state index contributed by atoms with van der Waals surface area (Å²) in [5.41, 5.74) is 5.59. The molecule has 2 N–H and O–H groups in total. The lowest BCUT2D eigenvalue weighted by Gasteiger charge is -2.32. The largest absolute Gasteiger partial charge is 0.461 e. The molecule has 16 heavy (non-hydrogen) atoms. The molecule has 0 saturated heterocycles. The molecule has 1 saturated carbocycles. The van der Waals surface area contributed by atoms with Crippen LogP contribution in [0.4, 0.5) is 0 Å². The highest BCUT2D eigenvalue weighted by atomic mass is 16.5. The van der Waals surface area contributed by atoms with E-state index in [0.717, 1.165) is 19.3 Å². The van der Waals surface area contributed by atoms with Crippen LogP contribution in [0.15, 0.2) is 0 Å². The molecule has 4 unspecified atom stereocenters. The number of terminal acetylenes is 1. The maximum atomic E-state index is 11.5. The van der Waals surface area contributed by atoms with Crippen molar-refractivity contribution in [2.24, 2.45) is 17.6 Å². The maximum absolute atomic E-state index is 11.5. The molecule has 1 aliphatic carbocycles. The van der Waals surface area contributed by atoms with Gasteiger partial charge in [0.15, 0.2) is 0 Å². The monoisotopic (exact) mass is 223 g/mol. The van der Waals surface area contributed by atoms with Crippen LogP contribution in [-0.4, -0.2) is 18.1 Å². The Bertz CT molecular complexity index is 282. The van der Waals surface area contributed by atoms with Crippen LogP contribution in [0.3, 0.4) is 0 Å². The molecule has 3 heteroatoms.